The largest absolute Gasteiger partial charge is 0.507 e. The third-order valence-corrected chi connectivity index (χ3v) is 4.02. The fraction of sp³-hybridized carbons (Fsp3) is 0.158. The Kier molecular flexibility index (Phi) is 4.08. The molecule has 3 rings (SSSR count). The summed E-state index contributed by atoms with van der Waals surface area (Å²) in [4.78, 5) is 24.1. The monoisotopic (exact) mass is 323 g/mol. The van der Waals surface area contributed by atoms with Crippen LogP contribution in [0.5, 0.6) is 5.75 Å². The number of ether oxygens (including phenoxy) is 1. The van der Waals surface area contributed by atoms with E-state index in [0.29, 0.717) is 16.9 Å². The molecule has 1 fully saturated rings. The molecule has 2 aromatic carbocycles. The number of hydrogen-bond donors (Lipinski definition) is 2. The van der Waals surface area contributed by atoms with Gasteiger partial charge < -0.3 is 15.2 Å². The molecule has 1 heterocycles. The van der Waals surface area contributed by atoms with Crippen molar-refractivity contribution >= 4 is 17.4 Å². The Bertz CT molecular complexity index is 837. The number of methoxy groups -OCH3 is 1. The zero-order valence-corrected chi connectivity index (χ0v) is 13.4. The number of nitrogens with one attached hydrogen (secondary N) is 1. The average Bonchev–Trinajstić information content (AvgIpc) is 2.90. The van der Waals surface area contributed by atoms with E-state index in [1.165, 1.54) is 7.11 Å². The van der Waals surface area contributed by atoms with Crippen molar-refractivity contribution in [1.29, 1.82) is 0 Å². The molecule has 1 atom stereocenters. The Balaban J connectivity index is 2.11. The van der Waals surface area contributed by atoms with Gasteiger partial charge >= 0.3 is 0 Å². The average molecular weight is 323 g/mol. The van der Waals surface area contributed by atoms with Gasteiger partial charge in [-0.15, -0.1) is 0 Å². The summed E-state index contributed by atoms with van der Waals surface area (Å²) >= 11 is 0. The second-order valence-corrected chi connectivity index (χ2v) is 5.64. The molecule has 1 aliphatic heterocycles. The van der Waals surface area contributed by atoms with Crippen LogP contribution in [0.2, 0.25) is 0 Å². The lowest BCUT2D eigenvalue weighted by Gasteiger charge is -2.14. The number of hydrogen-bond acceptors (Lipinski definition) is 4. The topological polar surface area (TPSA) is 75.6 Å². The zero-order valence-electron chi connectivity index (χ0n) is 13.4. The van der Waals surface area contributed by atoms with Crippen molar-refractivity contribution < 1.29 is 19.4 Å². The predicted octanol–water partition coefficient (Wildman–Crippen LogP) is 2.71. The molecule has 2 aromatic rings. The van der Waals surface area contributed by atoms with Crippen LogP contribution in [0.4, 0.5) is 0 Å². The molecule has 0 aromatic heterocycles. The van der Waals surface area contributed by atoms with Crippen molar-refractivity contribution in [2.75, 3.05) is 7.11 Å². The lowest BCUT2D eigenvalue weighted by atomic mass is 9.95. The Morgan fingerprint density at radius 2 is 1.83 bits per heavy atom. The molecule has 5 heteroatoms. The lowest BCUT2D eigenvalue weighted by molar-refractivity contribution is -0.133. The Morgan fingerprint density at radius 1 is 1.12 bits per heavy atom. The summed E-state index contributed by atoms with van der Waals surface area (Å²) in [7, 11) is 1.54. The second kappa shape index (κ2) is 6.20. The number of aryl methyl sites for hydroxylation is 1. The van der Waals surface area contributed by atoms with Gasteiger partial charge in [-0.3, -0.25) is 9.59 Å². The lowest BCUT2D eigenvalue weighted by Crippen LogP contribution is -2.21. The molecule has 2 N–H and O–H groups in total. The minimum atomic E-state index is -0.725. The molecule has 0 saturated carbocycles. The minimum absolute atomic E-state index is 0.0529. The van der Waals surface area contributed by atoms with Crippen molar-refractivity contribution in [1.82, 2.24) is 5.32 Å². The van der Waals surface area contributed by atoms with E-state index in [1.807, 2.05) is 19.1 Å². The van der Waals surface area contributed by atoms with Crippen LogP contribution in [-0.4, -0.2) is 23.9 Å². The molecule has 0 radical (unpaired) electrons. The first-order chi connectivity index (χ1) is 11.5. The second-order valence-electron chi connectivity index (χ2n) is 5.64. The number of ketones is 1. The maximum absolute atomic E-state index is 12.3. The first-order valence-electron chi connectivity index (χ1n) is 7.50. The SMILES string of the molecule is COc1cccc(C2NC(=O)C(=O)/C2=C(/O)c2ccc(C)cc2)c1. The molecule has 1 saturated heterocycles. The summed E-state index contributed by atoms with van der Waals surface area (Å²) in [6.07, 6.45) is 0. The van der Waals surface area contributed by atoms with Crippen molar-refractivity contribution in [3.8, 4) is 5.75 Å². The minimum Gasteiger partial charge on any atom is -0.507 e. The predicted molar refractivity (Wildman–Crippen MR) is 89.6 cm³/mol. The summed E-state index contributed by atoms with van der Waals surface area (Å²) in [5.74, 6) is -1.03. The molecular weight excluding hydrogens is 306 g/mol. The van der Waals surface area contributed by atoms with Gasteiger partial charge in [-0.1, -0.05) is 42.0 Å². The quantitative estimate of drug-likeness (QED) is 0.517. The van der Waals surface area contributed by atoms with Gasteiger partial charge in [-0.25, -0.2) is 0 Å². The normalized spacial score (nSPS) is 19.2. The molecule has 1 amide bonds. The highest BCUT2D eigenvalue weighted by Crippen LogP contribution is 2.34. The number of aliphatic hydroxyl groups excluding tert-OH is 1. The van der Waals surface area contributed by atoms with E-state index in [-0.39, 0.29) is 11.3 Å². The van der Waals surface area contributed by atoms with Crippen molar-refractivity contribution in [2.45, 2.75) is 13.0 Å². The van der Waals surface area contributed by atoms with E-state index in [1.54, 1.807) is 36.4 Å². The third kappa shape index (κ3) is 2.76. The fourth-order valence-electron chi connectivity index (χ4n) is 2.70. The summed E-state index contributed by atoms with van der Waals surface area (Å²) in [5, 5.41) is 13.2. The van der Waals surface area contributed by atoms with Crippen molar-refractivity contribution in [3.05, 3.63) is 70.8 Å². The van der Waals surface area contributed by atoms with E-state index in [2.05, 4.69) is 5.32 Å². The van der Waals surface area contributed by atoms with E-state index in [9.17, 15) is 14.7 Å². The Labute approximate surface area is 139 Å². The molecule has 1 unspecified atom stereocenters. The van der Waals surface area contributed by atoms with Gasteiger partial charge in [0.1, 0.15) is 11.5 Å². The summed E-state index contributed by atoms with van der Waals surface area (Å²) < 4.78 is 5.19. The number of carbonyl (C=O) groups excluding carboxylic acids is 2. The maximum atomic E-state index is 12.3. The standard InChI is InChI=1S/C19H17NO4/c1-11-6-8-12(9-7-11)17(21)15-16(20-19(23)18(15)22)13-4-3-5-14(10-13)24-2/h3-10,16,21H,1-2H3,(H,20,23)/b17-15+. The summed E-state index contributed by atoms with van der Waals surface area (Å²) in [5.41, 5.74) is 2.25. The molecule has 122 valence electrons. The smallest absolute Gasteiger partial charge is 0.293 e. The summed E-state index contributed by atoms with van der Waals surface area (Å²) in [6.45, 7) is 1.93. The van der Waals surface area contributed by atoms with Gasteiger partial charge in [0.2, 0.25) is 0 Å². The van der Waals surface area contributed by atoms with Crippen LogP contribution in [0, 0.1) is 6.92 Å². The number of Topliss-reactive ketones (excluding diaryl/α,β-unsaturated/α-hetero) is 1. The number of rotatable bonds is 3. The van der Waals surface area contributed by atoms with Crippen LogP contribution in [0.15, 0.2) is 54.1 Å². The van der Waals surface area contributed by atoms with Gasteiger partial charge in [0.25, 0.3) is 11.7 Å². The first kappa shape index (κ1) is 15.8. The van der Waals surface area contributed by atoms with Gasteiger partial charge in [0.15, 0.2) is 0 Å². The fourth-order valence-corrected chi connectivity index (χ4v) is 2.70. The Morgan fingerprint density at radius 3 is 2.50 bits per heavy atom. The molecule has 0 spiro atoms. The Hall–Kier alpha value is -3.08. The van der Waals surface area contributed by atoms with Gasteiger partial charge in [-0.2, -0.15) is 0 Å². The molecule has 5 nitrogen and oxygen atoms in total. The molecule has 24 heavy (non-hydrogen) atoms. The van der Waals surface area contributed by atoms with Crippen molar-refractivity contribution in [3.63, 3.8) is 0 Å². The number of carbonyl (C=O) groups is 2. The van der Waals surface area contributed by atoms with E-state index >= 15 is 0 Å². The summed E-state index contributed by atoms with van der Waals surface area (Å²) in [6, 6.07) is 13.4. The number of aliphatic hydroxyl groups is 1. The molecule has 0 bridgehead atoms. The highest BCUT2D eigenvalue weighted by Gasteiger charge is 2.39. The third-order valence-electron chi connectivity index (χ3n) is 4.02. The van der Waals surface area contributed by atoms with Gasteiger partial charge in [0, 0.05) is 5.56 Å². The van der Waals surface area contributed by atoms with E-state index in [0.717, 1.165) is 5.56 Å². The first-order valence-corrected chi connectivity index (χ1v) is 7.50. The molecular formula is C19H17NO4. The van der Waals surface area contributed by atoms with Gasteiger partial charge in [0.05, 0.1) is 18.7 Å². The van der Waals surface area contributed by atoms with Crippen LogP contribution in [0.25, 0.3) is 5.76 Å². The number of benzene rings is 2. The van der Waals surface area contributed by atoms with Crippen molar-refractivity contribution in [2.24, 2.45) is 0 Å². The number of amides is 1. The van der Waals surface area contributed by atoms with Crippen LogP contribution in [-0.2, 0) is 9.59 Å². The highest BCUT2D eigenvalue weighted by atomic mass is 16.5. The van der Waals surface area contributed by atoms with Crippen LogP contribution in [0.3, 0.4) is 0 Å². The molecule has 1 aliphatic rings. The van der Waals surface area contributed by atoms with E-state index < -0.39 is 17.7 Å². The van der Waals surface area contributed by atoms with Crippen LogP contribution < -0.4 is 10.1 Å². The van der Waals surface area contributed by atoms with Crippen LogP contribution in [0.1, 0.15) is 22.7 Å². The van der Waals surface area contributed by atoms with Crippen LogP contribution >= 0.6 is 0 Å². The maximum Gasteiger partial charge on any atom is 0.293 e. The van der Waals surface area contributed by atoms with Gasteiger partial charge in [-0.05, 0) is 24.6 Å². The molecule has 0 aliphatic carbocycles. The van der Waals surface area contributed by atoms with E-state index in [4.69, 9.17) is 4.74 Å². The highest BCUT2D eigenvalue weighted by molar-refractivity contribution is 6.46. The zero-order chi connectivity index (χ0) is 17.3.